The molecule has 1 atom stereocenters. The molecule has 1 amide bonds. The fourth-order valence-electron chi connectivity index (χ4n) is 2.90. The zero-order chi connectivity index (χ0) is 25.5. The Bertz CT molecular complexity index is 905. The van der Waals surface area contributed by atoms with E-state index < -0.39 is 11.9 Å². The van der Waals surface area contributed by atoms with E-state index in [0.29, 0.717) is 24.4 Å². The Hall–Kier alpha value is -3.01. The maximum atomic E-state index is 12.5. The van der Waals surface area contributed by atoms with Crippen molar-refractivity contribution >= 4 is 30.2 Å². The minimum atomic E-state index is -0.825. The summed E-state index contributed by atoms with van der Waals surface area (Å²) < 4.78 is 5.02. The first kappa shape index (κ1) is 29.0. The third-order valence-corrected chi connectivity index (χ3v) is 4.80. The lowest BCUT2D eigenvalue weighted by atomic mass is 9.96. The van der Waals surface area contributed by atoms with Crippen LogP contribution in [0.2, 0.25) is 0 Å². The van der Waals surface area contributed by atoms with Crippen molar-refractivity contribution in [1.29, 1.82) is 0 Å². The molecule has 0 heterocycles. The molecule has 0 aliphatic rings. The van der Waals surface area contributed by atoms with Crippen LogP contribution in [-0.2, 0) is 20.9 Å². The summed E-state index contributed by atoms with van der Waals surface area (Å²) in [6, 6.07) is 17.0. The van der Waals surface area contributed by atoms with Crippen molar-refractivity contribution in [2.45, 2.75) is 38.6 Å². The van der Waals surface area contributed by atoms with Gasteiger partial charge in [-0.1, -0.05) is 44.2 Å². The van der Waals surface area contributed by atoms with Gasteiger partial charge >= 0.3 is 5.97 Å². The second kappa shape index (κ2) is 15.8. The molecule has 186 valence electrons. The number of hydrogen-bond donors (Lipinski definition) is 5. The number of thiol groups is 1. The summed E-state index contributed by atoms with van der Waals surface area (Å²) in [7, 11) is 0. The van der Waals surface area contributed by atoms with E-state index >= 15 is 0 Å². The van der Waals surface area contributed by atoms with Crippen molar-refractivity contribution in [3.8, 4) is 0 Å². The lowest BCUT2D eigenvalue weighted by Crippen LogP contribution is -2.32. The lowest BCUT2D eigenvalue weighted by molar-refractivity contribution is -0.151. The van der Waals surface area contributed by atoms with Crippen LogP contribution >= 0.6 is 12.6 Å². The van der Waals surface area contributed by atoms with Crippen LogP contribution in [0.5, 0.6) is 0 Å². The normalized spacial score (nSPS) is 11.8. The highest BCUT2D eigenvalue weighted by Crippen LogP contribution is 2.18. The summed E-state index contributed by atoms with van der Waals surface area (Å²) in [6.07, 6.45) is 2.01. The molecule has 34 heavy (non-hydrogen) atoms. The van der Waals surface area contributed by atoms with Crippen LogP contribution in [0.4, 0.5) is 5.69 Å². The molecular formula is C25H37N5O3S. The molecule has 0 aliphatic heterocycles. The van der Waals surface area contributed by atoms with Crippen molar-refractivity contribution in [1.82, 2.24) is 5.01 Å². The third-order valence-electron chi connectivity index (χ3n) is 4.50. The average Bonchev–Trinajstić information content (AvgIpc) is 2.79. The molecule has 1 unspecified atom stereocenters. The van der Waals surface area contributed by atoms with E-state index in [2.05, 4.69) is 17.9 Å². The highest BCUT2D eigenvalue weighted by atomic mass is 32.1. The molecule has 0 spiro atoms. The number of hydrogen-bond acceptors (Lipinski definition) is 8. The minimum absolute atomic E-state index is 0.192. The predicted octanol–water partition coefficient (Wildman–Crippen LogP) is 3.26. The van der Waals surface area contributed by atoms with Crippen LogP contribution < -0.4 is 22.6 Å². The predicted molar refractivity (Wildman–Crippen MR) is 139 cm³/mol. The number of ether oxygens (including phenoxy) is 1. The van der Waals surface area contributed by atoms with Crippen LogP contribution in [0.1, 0.15) is 32.8 Å². The fraction of sp³-hybridized carbons (Fsp3) is 0.360. The second-order valence-electron chi connectivity index (χ2n) is 8.04. The maximum Gasteiger partial charge on any atom is 0.318 e. The Morgan fingerprint density at radius 3 is 2.21 bits per heavy atom. The van der Waals surface area contributed by atoms with E-state index in [4.69, 9.17) is 22.0 Å². The zero-order valence-corrected chi connectivity index (χ0v) is 21.0. The Balaban J connectivity index is 0.000000700. The van der Waals surface area contributed by atoms with Gasteiger partial charge in [0.25, 0.3) is 0 Å². The van der Waals surface area contributed by atoms with Gasteiger partial charge in [-0.25, -0.2) is 5.84 Å². The van der Waals surface area contributed by atoms with Gasteiger partial charge in [0.2, 0.25) is 5.91 Å². The van der Waals surface area contributed by atoms with E-state index in [1.807, 2.05) is 56.3 Å². The zero-order valence-electron chi connectivity index (χ0n) is 20.1. The van der Waals surface area contributed by atoms with Crippen molar-refractivity contribution < 1.29 is 14.3 Å². The number of anilines is 1. The number of nitrogens with two attached hydrogens (primary N) is 3. The van der Waals surface area contributed by atoms with Crippen LogP contribution in [0.25, 0.3) is 0 Å². The highest BCUT2D eigenvalue weighted by molar-refractivity contribution is 7.80. The van der Waals surface area contributed by atoms with E-state index in [1.165, 1.54) is 5.01 Å². The number of carbonyl (C=O) groups is 2. The smallest absolute Gasteiger partial charge is 0.318 e. The van der Waals surface area contributed by atoms with Gasteiger partial charge in [-0.05, 0) is 49.1 Å². The third kappa shape index (κ3) is 11.7. The Labute approximate surface area is 207 Å². The summed E-state index contributed by atoms with van der Waals surface area (Å²) in [5.74, 6) is 4.35. The van der Waals surface area contributed by atoms with Gasteiger partial charge < -0.3 is 26.5 Å². The summed E-state index contributed by atoms with van der Waals surface area (Å²) >= 11 is 4.08. The first-order valence-corrected chi connectivity index (χ1v) is 11.6. The maximum absolute atomic E-state index is 12.5. The highest BCUT2D eigenvalue weighted by Gasteiger charge is 2.28. The minimum Gasteiger partial charge on any atom is -0.465 e. The number of benzene rings is 2. The van der Waals surface area contributed by atoms with Gasteiger partial charge in [-0.15, -0.1) is 12.6 Å². The first-order valence-electron chi connectivity index (χ1n) is 11.1. The number of esters is 1. The van der Waals surface area contributed by atoms with Crippen molar-refractivity contribution in [2.24, 2.45) is 29.1 Å². The number of amides is 1. The molecular weight excluding hydrogens is 450 g/mol. The molecule has 7 N–H and O–H groups in total. The fourth-order valence-corrected chi connectivity index (χ4v) is 3.07. The van der Waals surface area contributed by atoms with Crippen LogP contribution in [-0.4, -0.2) is 30.0 Å². The topological polar surface area (TPSA) is 137 Å². The number of rotatable bonds is 10. The molecule has 2 aromatic carbocycles. The summed E-state index contributed by atoms with van der Waals surface area (Å²) in [5, 5.41) is 4.22. The Morgan fingerprint density at radius 2 is 1.74 bits per heavy atom. The van der Waals surface area contributed by atoms with Gasteiger partial charge in [0, 0.05) is 29.0 Å². The largest absolute Gasteiger partial charge is 0.465 e. The molecule has 0 aromatic heterocycles. The molecule has 2 aromatic rings. The Morgan fingerprint density at radius 1 is 1.12 bits per heavy atom. The van der Waals surface area contributed by atoms with E-state index in [9.17, 15) is 9.59 Å². The lowest BCUT2D eigenvalue weighted by Gasteiger charge is -2.18. The molecule has 8 nitrogen and oxygen atoms in total. The molecule has 0 saturated heterocycles. The van der Waals surface area contributed by atoms with Crippen LogP contribution in [0, 0.1) is 11.8 Å². The standard InChI is InChI=1S/C19H31N5O3.C6H6S/c1-4-27-19(26)17(9-13(2)3)18(25)23-16-7-5-14(6-8-16)11-24(22)12-15(21)10-20;7-6-4-2-1-3-5-6/h5-8,12-13,17H,4,9-11,20-22H2,1-3H3,(H,23,25);1-5,7H/b15-12-;. The van der Waals surface area contributed by atoms with Crippen molar-refractivity contribution in [3.05, 3.63) is 72.1 Å². The van der Waals surface area contributed by atoms with Gasteiger partial charge in [0.1, 0.15) is 5.92 Å². The average molecular weight is 488 g/mol. The molecule has 0 bridgehead atoms. The molecule has 0 fully saturated rings. The molecule has 2 rings (SSSR count). The number of hydrazine groups is 1. The van der Waals surface area contributed by atoms with E-state index in [0.717, 1.165) is 10.5 Å². The van der Waals surface area contributed by atoms with Crippen LogP contribution in [0.15, 0.2) is 71.4 Å². The summed E-state index contributed by atoms with van der Waals surface area (Å²) in [5.41, 5.74) is 13.1. The first-order chi connectivity index (χ1) is 16.2. The number of nitrogens with zero attached hydrogens (tertiary/aromatic N) is 1. The molecule has 0 saturated carbocycles. The SMILES string of the molecule is CCOC(=O)C(CC(C)C)C(=O)Nc1ccc(CN(N)/C=C(\N)CN)cc1.Sc1ccccc1. The monoisotopic (exact) mass is 487 g/mol. The number of carbonyl (C=O) groups excluding carboxylic acids is 2. The van der Waals surface area contributed by atoms with E-state index in [1.54, 1.807) is 25.3 Å². The Kier molecular flexibility index (Phi) is 13.5. The van der Waals surface area contributed by atoms with Gasteiger partial charge in [-0.3, -0.25) is 9.59 Å². The summed E-state index contributed by atoms with van der Waals surface area (Å²) in [6.45, 7) is 6.55. The second-order valence-corrected chi connectivity index (χ2v) is 8.55. The van der Waals surface area contributed by atoms with Crippen molar-refractivity contribution in [3.63, 3.8) is 0 Å². The number of nitrogens with one attached hydrogen (secondary N) is 1. The molecule has 0 aliphatic carbocycles. The molecule has 0 radical (unpaired) electrons. The van der Waals surface area contributed by atoms with Crippen molar-refractivity contribution in [2.75, 3.05) is 18.5 Å². The van der Waals surface area contributed by atoms with Gasteiger partial charge in [0.15, 0.2) is 0 Å². The van der Waals surface area contributed by atoms with Crippen LogP contribution in [0.3, 0.4) is 0 Å². The van der Waals surface area contributed by atoms with E-state index in [-0.39, 0.29) is 25.0 Å². The van der Waals surface area contributed by atoms with Gasteiger partial charge in [-0.2, -0.15) is 0 Å². The van der Waals surface area contributed by atoms with Gasteiger partial charge in [0.05, 0.1) is 13.2 Å². The quantitative estimate of drug-likeness (QED) is 0.114. The molecule has 9 heteroatoms. The summed E-state index contributed by atoms with van der Waals surface area (Å²) in [4.78, 5) is 25.6.